The molecular formula is C53H67ClN8O7S. The summed E-state index contributed by atoms with van der Waals surface area (Å²) in [7, 11) is 0. The van der Waals surface area contributed by atoms with Gasteiger partial charge in [-0.25, -0.2) is 4.98 Å². The van der Waals surface area contributed by atoms with Gasteiger partial charge in [0, 0.05) is 79.9 Å². The smallest absolute Gasteiger partial charge is 0.251 e. The average molecular weight is 996 g/mol. The lowest BCUT2D eigenvalue weighted by molar-refractivity contribution is -0.164. The summed E-state index contributed by atoms with van der Waals surface area (Å²) in [6, 6.07) is 20.4. The predicted octanol–water partition coefficient (Wildman–Crippen LogP) is 6.76. The molecule has 3 fully saturated rings. The maximum absolute atomic E-state index is 14.1. The minimum absolute atomic E-state index is 0.0151. The molecular weight excluding hydrogens is 928 g/mol. The number of aryl methyl sites for hydroxylation is 1. The molecule has 1 aromatic heterocycles. The van der Waals surface area contributed by atoms with Crippen LogP contribution in [0.4, 0.5) is 5.69 Å². The van der Waals surface area contributed by atoms with Crippen LogP contribution in [-0.2, 0) is 19.1 Å². The number of anilines is 1. The maximum atomic E-state index is 14.1. The number of piperazine rings is 1. The molecule has 7 rings (SSSR count). The normalized spacial score (nSPS) is 21.7. The molecule has 1 aliphatic carbocycles. The zero-order valence-electron chi connectivity index (χ0n) is 41.7. The van der Waals surface area contributed by atoms with Crippen molar-refractivity contribution in [1.29, 1.82) is 5.26 Å². The van der Waals surface area contributed by atoms with Gasteiger partial charge in [0.25, 0.3) is 5.91 Å². The number of β-amino-alcohol motifs (C(OH)–C–C–N with tert-alkyl or cyclic N) is 1. The first kappa shape index (κ1) is 52.3. The number of ether oxygens (including phenoxy) is 2. The summed E-state index contributed by atoms with van der Waals surface area (Å²) >= 11 is 7.83. The van der Waals surface area contributed by atoms with Gasteiger partial charge in [-0.1, -0.05) is 84.3 Å². The fourth-order valence-corrected chi connectivity index (χ4v) is 11.5. The van der Waals surface area contributed by atoms with E-state index in [1.54, 1.807) is 29.5 Å². The Balaban J connectivity index is 0.831. The fraction of sp³-hybridized carbons (Fsp3) is 0.509. The third-order valence-electron chi connectivity index (χ3n) is 14.1. The highest BCUT2D eigenvalue weighted by atomic mass is 35.5. The van der Waals surface area contributed by atoms with Crippen LogP contribution >= 0.6 is 22.9 Å². The van der Waals surface area contributed by atoms with Gasteiger partial charge in [0.1, 0.15) is 36.6 Å². The third-order valence-corrected chi connectivity index (χ3v) is 15.4. The largest absolute Gasteiger partial charge is 0.489 e. The zero-order chi connectivity index (χ0) is 50.7. The van der Waals surface area contributed by atoms with Gasteiger partial charge < -0.3 is 40.3 Å². The minimum Gasteiger partial charge on any atom is -0.489 e. The molecule has 0 bridgehead atoms. The van der Waals surface area contributed by atoms with E-state index in [4.69, 9.17) is 21.1 Å². The molecule has 0 radical (unpaired) electrons. The molecule has 0 unspecified atom stereocenters. The van der Waals surface area contributed by atoms with Gasteiger partial charge in [-0.3, -0.25) is 24.1 Å². The number of halogens is 1. The summed E-state index contributed by atoms with van der Waals surface area (Å²) < 4.78 is 12.2. The number of aliphatic hydroxyl groups excluding tert-OH is 1. The zero-order valence-corrected chi connectivity index (χ0v) is 43.2. The van der Waals surface area contributed by atoms with Crippen LogP contribution in [0.5, 0.6) is 5.75 Å². The lowest BCUT2D eigenvalue weighted by Crippen LogP contribution is -2.74. The first-order valence-electron chi connectivity index (χ1n) is 24.0. The molecule has 0 spiro atoms. The number of benzene rings is 3. The lowest BCUT2D eigenvalue weighted by atomic mass is 9.49. The number of aliphatic hydroxyl groups is 1. The molecule has 4 atom stereocenters. The van der Waals surface area contributed by atoms with E-state index in [-0.39, 0.29) is 60.4 Å². The first-order chi connectivity index (χ1) is 33.1. The number of nitrogens with one attached hydrogen (secondary N) is 3. The van der Waals surface area contributed by atoms with Crippen LogP contribution in [0.15, 0.2) is 72.2 Å². The molecule has 4 aromatic rings. The Morgan fingerprint density at radius 3 is 2.24 bits per heavy atom. The number of rotatable bonds is 16. The molecule has 3 heterocycles. The van der Waals surface area contributed by atoms with E-state index < -0.39 is 35.4 Å². The number of aromatic nitrogens is 1. The van der Waals surface area contributed by atoms with Crippen molar-refractivity contribution in [3.63, 3.8) is 0 Å². The van der Waals surface area contributed by atoms with Crippen LogP contribution in [0, 0.1) is 34.5 Å². The quantitative estimate of drug-likeness (QED) is 0.0869. The molecule has 4 N–H and O–H groups in total. The first-order valence-corrected chi connectivity index (χ1v) is 25.2. The second-order valence-corrected chi connectivity index (χ2v) is 22.4. The number of likely N-dealkylation sites (tertiary alicyclic amines) is 1. The summed E-state index contributed by atoms with van der Waals surface area (Å²) in [6.07, 6.45) is -0.987. The Bertz CT molecular complexity index is 2550. The topological polar surface area (TPSA) is 189 Å². The van der Waals surface area contributed by atoms with Gasteiger partial charge in [0.05, 0.1) is 45.4 Å². The van der Waals surface area contributed by atoms with E-state index in [0.29, 0.717) is 35.1 Å². The molecule has 2 aliphatic heterocycles. The maximum Gasteiger partial charge on any atom is 0.251 e. The number of hydrogen-bond acceptors (Lipinski definition) is 12. The van der Waals surface area contributed by atoms with Crippen molar-refractivity contribution in [2.45, 2.75) is 105 Å². The van der Waals surface area contributed by atoms with Crippen molar-refractivity contribution in [2.75, 3.05) is 57.4 Å². The molecule has 3 aliphatic rings. The molecule has 4 amide bonds. The number of nitriles is 1. The van der Waals surface area contributed by atoms with Gasteiger partial charge in [-0.15, -0.1) is 11.3 Å². The number of carbonyl (C=O) groups is 4. The molecule has 2 saturated heterocycles. The molecule has 70 heavy (non-hydrogen) atoms. The highest BCUT2D eigenvalue weighted by molar-refractivity contribution is 7.13. The van der Waals surface area contributed by atoms with Crippen molar-refractivity contribution < 1.29 is 33.8 Å². The Hall–Kier alpha value is -5.57. The van der Waals surface area contributed by atoms with Crippen molar-refractivity contribution in [3.8, 4) is 22.3 Å². The lowest BCUT2D eigenvalue weighted by Gasteiger charge is -2.63. The second-order valence-electron chi connectivity index (χ2n) is 21.1. The third kappa shape index (κ3) is 11.6. The monoisotopic (exact) mass is 994 g/mol. The van der Waals surface area contributed by atoms with Gasteiger partial charge in [0.15, 0.2) is 0 Å². The highest BCUT2D eigenvalue weighted by Gasteiger charge is 2.64. The van der Waals surface area contributed by atoms with E-state index in [9.17, 15) is 29.5 Å². The molecule has 15 nitrogen and oxygen atoms in total. The van der Waals surface area contributed by atoms with E-state index in [2.05, 4.69) is 64.5 Å². The van der Waals surface area contributed by atoms with Crippen molar-refractivity contribution in [3.05, 3.63) is 99.6 Å². The summed E-state index contributed by atoms with van der Waals surface area (Å²) in [5.74, 6) is -0.804. The van der Waals surface area contributed by atoms with E-state index >= 15 is 0 Å². The SMILES string of the molecule is Cc1ncsc1-c1ccc([C@H](C)NC(=O)[C@@H]2C[C@@H](O)CN2C(=O)[C@@H](NC(=O)COCCN2CCN(c3ccc(C(=O)NC4C(C)(C)C(Oc5ccc(C#N)c(Cl)c5)C4(C)C)cc3)CC2)C(C)(C)C)cc1. The van der Waals surface area contributed by atoms with Gasteiger partial charge in [-0.05, 0) is 66.8 Å². The van der Waals surface area contributed by atoms with Crippen molar-refractivity contribution in [2.24, 2.45) is 16.2 Å². The van der Waals surface area contributed by atoms with Crippen LogP contribution in [0.1, 0.15) is 95.0 Å². The number of amides is 4. The van der Waals surface area contributed by atoms with Crippen LogP contribution in [0.2, 0.25) is 5.02 Å². The molecule has 374 valence electrons. The van der Waals surface area contributed by atoms with E-state index in [1.807, 2.05) is 88.7 Å². The molecule has 17 heteroatoms. The molecule has 1 saturated carbocycles. The summed E-state index contributed by atoms with van der Waals surface area (Å²) in [4.78, 5) is 66.0. The van der Waals surface area contributed by atoms with Gasteiger partial charge in [0.2, 0.25) is 17.7 Å². The van der Waals surface area contributed by atoms with Crippen molar-refractivity contribution >= 4 is 52.3 Å². The summed E-state index contributed by atoms with van der Waals surface area (Å²) in [6.45, 7) is 21.6. The Morgan fingerprint density at radius 1 is 0.971 bits per heavy atom. The molecule has 3 aromatic carbocycles. The Morgan fingerprint density at radius 2 is 1.64 bits per heavy atom. The minimum atomic E-state index is -0.960. The Kier molecular flexibility index (Phi) is 16.0. The number of hydrogen-bond donors (Lipinski definition) is 4. The van der Waals surface area contributed by atoms with E-state index in [1.165, 1.54) is 4.90 Å². The van der Waals surface area contributed by atoms with Crippen LogP contribution in [0.25, 0.3) is 10.4 Å². The van der Waals surface area contributed by atoms with Crippen LogP contribution < -0.4 is 25.6 Å². The highest BCUT2D eigenvalue weighted by Crippen LogP contribution is 2.55. The summed E-state index contributed by atoms with van der Waals surface area (Å²) in [5, 5.41) is 29.4. The van der Waals surface area contributed by atoms with Gasteiger partial charge >= 0.3 is 0 Å². The van der Waals surface area contributed by atoms with Crippen LogP contribution in [-0.4, -0.2) is 126 Å². The van der Waals surface area contributed by atoms with Gasteiger partial charge in [-0.2, -0.15) is 5.26 Å². The fourth-order valence-electron chi connectivity index (χ4n) is 10.4. The van der Waals surface area contributed by atoms with Crippen molar-refractivity contribution in [1.82, 2.24) is 30.7 Å². The second kappa shape index (κ2) is 21.4. The predicted molar refractivity (Wildman–Crippen MR) is 272 cm³/mol. The average Bonchev–Trinajstić information content (AvgIpc) is 3.95. The Labute approximate surface area is 420 Å². The van der Waals surface area contributed by atoms with Crippen LogP contribution in [0.3, 0.4) is 0 Å². The number of carbonyl (C=O) groups excluding carboxylic acids is 4. The van der Waals surface area contributed by atoms with E-state index in [0.717, 1.165) is 53.6 Å². The summed E-state index contributed by atoms with van der Waals surface area (Å²) in [5.41, 5.74) is 5.26. The number of nitrogens with zero attached hydrogens (tertiary/aromatic N) is 5. The standard InChI is InChI=1S/C53H67ClN8O7S/c1-32(34-10-12-35(13-11-34)44-33(2)56-31-70-44)57-47(66)42-26-39(63)29-62(42)48(67)45(51(3,4)5)58-43(64)30-68-25-24-60-20-22-61(23-21-60)38-17-14-36(15-18-38)46(65)59-49-52(6,7)50(53(49,8)9)69-40-19-16-37(28-55)41(54)27-40/h10-19,27,31-32,39,42,45,49-50,63H,20-26,29-30H2,1-9H3,(H,57,66)(H,58,64)(H,59,65)/t32-,39+,42-,45+,49?,50?/m0/s1. The number of thiazole rings is 1.